The molecule has 41 heavy (non-hydrogen) atoms. The maximum atomic E-state index is 13.0. The van der Waals surface area contributed by atoms with E-state index in [-0.39, 0.29) is 11.0 Å². The van der Waals surface area contributed by atoms with Crippen LogP contribution in [0, 0.1) is 28.6 Å². The summed E-state index contributed by atoms with van der Waals surface area (Å²) < 4.78 is 13.6. The van der Waals surface area contributed by atoms with Crippen LogP contribution in [0.15, 0.2) is 16.8 Å². The van der Waals surface area contributed by atoms with E-state index in [4.69, 9.17) is 9.47 Å². The highest BCUT2D eigenvalue weighted by Gasteiger charge is 2.73. The van der Waals surface area contributed by atoms with Gasteiger partial charge in [-0.3, -0.25) is 0 Å². The molecule has 3 heterocycles. The van der Waals surface area contributed by atoms with Crippen molar-refractivity contribution in [1.82, 2.24) is 9.80 Å². The van der Waals surface area contributed by atoms with Crippen LogP contribution in [-0.4, -0.2) is 79.1 Å². The average Bonchev–Trinajstić information content (AvgIpc) is 3.79. The van der Waals surface area contributed by atoms with Crippen molar-refractivity contribution in [3.63, 3.8) is 0 Å². The van der Waals surface area contributed by atoms with Gasteiger partial charge < -0.3 is 24.4 Å². The molecule has 6 heteroatoms. The van der Waals surface area contributed by atoms with Gasteiger partial charge in [0.25, 0.3) is 0 Å². The van der Waals surface area contributed by atoms with Crippen molar-refractivity contribution in [1.29, 1.82) is 0 Å². The molecule has 6 aliphatic rings. The van der Waals surface area contributed by atoms with Crippen LogP contribution in [0.3, 0.4) is 0 Å². The lowest BCUT2D eigenvalue weighted by Gasteiger charge is -2.64. The molecular formula is C35H56N2O3S. The minimum atomic E-state index is -0.650. The van der Waals surface area contributed by atoms with Crippen molar-refractivity contribution in [2.24, 2.45) is 28.6 Å². The molecule has 1 N–H and O–H groups in total. The standard InChI is InChI=1S/C35H56N2O3S/c1-32-12-9-29(39-22-20-36-16-3-4-17-36)25-27(32)7-8-31-30(32)10-13-33(2)34(31,38)14-15-35(33,28-11-24-41-26-28)40-23-21-37-18-5-6-19-37/h11,24,26-27,29-31,38H,3-10,12-23,25H2,1-2H3/t27?,29?,30-,31-,32+,33+,34-,35?/m1/s1. The Hall–Kier alpha value is -0.500. The second-order valence-corrected chi connectivity index (χ2v) is 16.1. The molecule has 2 aliphatic heterocycles. The van der Waals surface area contributed by atoms with E-state index in [1.165, 1.54) is 96.0 Å². The maximum Gasteiger partial charge on any atom is 0.102 e. The maximum absolute atomic E-state index is 13.0. The third kappa shape index (κ3) is 4.81. The third-order valence-corrected chi connectivity index (χ3v) is 14.5. The van der Waals surface area contributed by atoms with Crippen LogP contribution in [0.1, 0.15) is 103 Å². The van der Waals surface area contributed by atoms with Crippen LogP contribution in [0.2, 0.25) is 0 Å². The molecule has 0 spiro atoms. The number of hydrogen-bond acceptors (Lipinski definition) is 6. The van der Waals surface area contributed by atoms with E-state index >= 15 is 0 Å². The minimum Gasteiger partial charge on any atom is -0.389 e. The quantitative estimate of drug-likeness (QED) is 0.350. The van der Waals surface area contributed by atoms with Crippen molar-refractivity contribution >= 4 is 11.3 Å². The van der Waals surface area contributed by atoms with Crippen LogP contribution < -0.4 is 0 Å². The van der Waals surface area contributed by atoms with Gasteiger partial charge >= 0.3 is 0 Å². The summed E-state index contributed by atoms with van der Waals surface area (Å²) in [5.41, 5.74) is 0.395. The molecule has 3 unspecified atom stereocenters. The highest BCUT2D eigenvalue weighted by molar-refractivity contribution is 7.08. The van der Waals surface area contributed by atoms with Crippen LogP contribution >= 0.6 is 11.3 Å². The largest absolute Gasteiger partial charge is 0.389 e. The SMILES string of the molecule is C[C@]12CCC(OCCN3CCCC3)CC1CC[C@@H]1[C@H]2CC[C@]2(C)C(OCCN3CCCC3)(c3ccsc3)CC[C@@]12O. The second kappa shape index (κ2) is 11.5. The van der Waals surface area contributed by atoms with Gasteiger partial charge in [0.2, 0.25) is 0 Å². The lowest BCUT2D eigenvalue weighted by atomic mass is 9.43. The number of fused-ring (bicyclic) bond motifs is 5. The van der Waals surface area contributed by atoms with Gasteiger partial charge in [0.15, 0.2) is 0 Å². The first-order valence-corrected chi connectivity index (χ1v) is 18.3. The number of nitrogens with zero attached hydrogens (tertiary/aromatic N) is 2. The fourth-order valence-corrected chi connectivity index (χ4v) is 12.0. The van der Waals surface area contributed by atoms with Gasteiger partial charge in [-0.1, -0.05) is 13.8 Å². The number of aliphatic hydroxyl groups is 1. The first-order valence-electron chi connectivity index (χ1n) is 17.3. The Morgan fingerprint density at radius 3 is 2.29 bits per heavy atom. The van der Waals surface area contributed by atoms with E-state index < -0.39 is 5.60 Å². The Labute approximate surface area is 253 Å². The van der Waals surface area contributed by atoms with Gasteiger partial charge in [0.1, 0.15) is 5.60 Å². The summed E-state index contributed by atoms with van der Waals surface area (Å²) in [6.45, 7) is 13.8. The predicted molar refractivity (Wildman–Crippen MR) is 166 cm³/mol. The Bertz CT molecular complexity index is 1020. The molecule has 0 amide bonds. The fourth-order valence-electron chi connectivity index (χ4n) is 11.3. The van der Waals surface area contributed by atoms with E-state index in [0.29, 0.717) is 23.4 Å². The first kappa shape index (κ1) is 29.2. The first-order chi connectivity index (χ1) is 19.9. The van der Waals surface area contributed by atoms with Gasteiger partial charge in [0.05, 0.1) is 24.9 Å². The molecule has 4 saturated carbocycles. The summed E-state index contributed by atoms with van der Waals surface area (Å²) in [6.07, 6.45) is 16.1. The Morgan fingerprint density at radius 1 is 0.854 bits per heavy atom. The zero-order valence-electron chi connectivity index (χ0n) is 26.0. The summed E-state index contributed by atoms with van der Waals surface area (Å²) in [5, 5.41) is 17.5. The Morgan fingerprint density at radius 2 is 1.59 bits per heavy atom. The van der Waals surface area contributed by atoms with Gasteiger partial charge in [-0.25, -0.2) is 0 Å². The smallest absolute Gasteiger partial charge is 0.102 e. The molecule has 7 rings (SSSR count). The van der Waals surface area contributed by atoms with Gasteiger partial charge in [-0.2, -0.15) is 11.3 Å². The molecule has 1 aromatic rings. The molecule has 4 aliphatic carbocycles. The van der Waals surface area contributed by atoms with Crippen molar-refractivity contribution in [2.75, 3.05) is 52.5 Å². The monoisotopic (exact) mass is 584 g/mol. The number of thiophene rings is 1. The lowest BCUT2D eigenvalue weighted by Crippen LogP contribution is -2.65. The van der Waals surface area contributed by atoms with Crippen molar-refractivity contribution in [3.05, 3.63) is 22.4 Å². The van der Waals surface area contributed by atoms with Gasteiger partial charge in [-0.05, 0) is 155 Å². The fraction of sp³-hybridized carbons (Fsp3) is 0.886. The third-order valence-electron chi connectivity index (χ3n) is 13.8. The zero-order chi connectivity index (χ0) is 28.1. The summed E-state index contributed by atoms with van der Waals surface area (Å²) in [4.78, 5) is 5.14. The predicted octanol–water partition coefficient (Wildman–Crippen LogP) is 6.69. The molecule has 0 bridgehead atoms. The molecule has 230 valence electrons. The molecule has 2 saturated heterocycles. The van der Waals surface area contributed by atoms with E-state index in [1.807, 2.05) is 0 Å². The second-order valence-electron chi connectivity index (χ2n) is 15.3. The average molecular weight is 585 g/mol. The number of rotatable bonds is 9. The van der Waals surface area contributed by atoms with Crippen LogP contribution in [-0.2, 0) is 15.1 Å². The summed E-state index contributed by atoms with van der Waals surface area (Å²) in [5.74, 6) is 1.74. The van der Waals surface area contributed by atoms with Crippen LogP contribution in [0.5, 0.6) is 0 Å². The number of ether oxygens (including phenoxy) is 2. The highest BCUT2D eigenvalue weighted by Crippen LogP contribution is 2.72. The minimum absolute atomic E-state index is 0.244. The molecule has 5 nitrogen and oxygen atoms in total. The van der Waals surface area contributed by atoms with E-state index in [1.54, 1.807) is 11.3 Å². The van der Waals surface area contributed by atoms with Gasteiger partial charge in [0, 0.05) is 18.5 Å². The highest BCUT2D eigenvalue weighted by atomic mass is 32.1. The molecule has 8 atom stereocenters. The van der Waals surface area contributed by atoms with Crippen LogP contribution in [0.25, 0.3) is 0 Å². The summed E-state index contributed by atoms with van der Waals surface area (Å²) in [7, 11) is 0. The van der Waals surface area contributed by atoms with Crippen LogP contribution in [0.4, 0.5) is 0 Å². The Balaban J connectivity index is 1.06. The molecule has 6 fully saturated rings. The topological polar surface area (TPSA) is 45.2 Å². The molecule has 1 aromatic heterocycles. The molecule has 0 radical (unpaired) electrons. The van der Waals surface area contributed by atoms with E-state index in [2.05, 4.69) is 40.5 Å². The lowest BCUT2D eigenvalue weighted by molar-refractivity contribution is -0.249. The Kier molecular flexibility index (Phi) is 8.16. The van der Waals surface area contributed by atoms with Crippen molar-refractivity contribution in [3.8, 4) is 0 Å². The summed E-state index contributed by atoms with van der Waals surface area (Å²) in [6, 6.07) is 2.30. The zero-order valence-corrected chi connectivity index (χ0v) is 26.8. The number of hydrogen-bond donors (Lipinski definition) is 1. The van der Waals surface area contributed by atoms with Crippen molar-refractivity contribution < 1.29 is 14.6 Å². The van der Waals surface area contributed by atoms with E-state index in [0.717, 1.165) is 51.5 Å². The van der Waals surface area contributed by atoms with Crippen molar-refractivity contribution in [2.45, 2.75) is 115 Å². The molecule has 0 aromatic carbocycles. The van der Waals surface area contributed by atoms with Gasteiger partial charge in [-0.15, -0.1) is 0 Å². The summed E-state index contributed by atoms with van der Waals surface area (Å²) >= 11 is 1.78. The molecular weight excluding hydrogens is 528 g/mol. The number of likely N-dealkylation sites (tertiary alicyclic amines) is 2. The van der Waals surface area contributed by atoms with E-state index in [9.17, 15) is 5.11 Å². The normalized spacial score (nSPS) is 45.0.